The van der Waals surface area contributed by atoms with Gasteiger partial charge in [-0.15, -0.1) is 0 Å². The molecule has 0 heterocycles. The Morgan fingerprint density at radius 1 is 0.839 bits per heavy atom. The van der Waals surface area contributed by atoms with Crippen molar-refractivity contribution in [3.63, 3.8) is 0 Å². The monoisotopic (exact) mass is 422 g/mol. The molecule has 0 aliphatic carbocycles. The van der Waals surface area contributed by atoms with Gasteiger partial charge in [-0.25, -0.2) is 4.39 Å². The van der Waals surface area contributed by atoms with Crippen molar-refractivity contribution in [1.29, 1.82) is 0 Å². The molecule has 3 rings (SSSR count). The van der Waals surface area contributed by atoms with Crippen molar-refractivity contribution in [2.75, 3.05) is 20.2 Å². The first-order valence-corrected chi connectivity index (χ1v) is 9.74. The smallest absolute Gasteiger partial charge is 0.254 e. The van der Waals surface area contributed by atoms with E-state index in [1.165, 1.54) is 25.3 Å². The molecule has 0 saturated heterocycles. The molecule has 0 aliphatic rings. The van der Waals surface area contributed by atoms with E-state index >= 15 is 0 Å². The van der Waals surface area contributed by atoms with Crippen LogP contribution >= 0.6 is 0 Å². The van der Waals surface area contributed by atoms with E-state index in [1.54, 1.807) is 24.3 Å². The number of rotatable bonds is 9. The SMILES string of the molecule is COc1cc(C(=O)NCCNC(=O)c2ccccc2F)ccc1OCc1ccccc1. The summed E-state index contributed by atoms with van der Waals surface area (Å²) >= 11 is 0. The van der Waals surface area contributed by atoms with Crippen LogP contribution in [-0.4, -0.2) is 32.0 Å². The van der Waals surface area contributed by atoms with E-state index in [0.29, 0.717) is 23.7 Å². The van der Waals surface area contributed by atoms with E-state index in [0.717, 1.165) is 5.56 Å². The van der Waals surface area contributed by atoms with Crippen LogP contribution in [0, 0.1) is 5.82 Å². The van der Waals surface area contributed by atoms with Crippen molar-refractivity contribution in [1.82, 2.24) is 10.6 Å². The highest BCUT2D eigenvalue weighted by atomic mass is 19.1. The van der Waals surface area contributed by atoms with Crippen LogP contribution in [0.5, 0.6) is 11.5 Å². The van der Waals surface area contributed by atoms with Gasteiger partial charge in [0.1, 0.15) is 12.4 Å². The van der Waals surface area contributed by atoms with Crippen LogP contribution in [0.3, 0.4) is 0 Å². The molecule has 0 bridgehead atoms. The molecule has 0 atom stereocenters. The molecule has 0 fully saturated rings. The highest BCUT2D eigenvalue weighted by molar-refractivity contribution is 5.95. The van der Waals surface area contributed by atoms with Gasteiger partial charge in [-0.1, -0.05) is 42.5 Å². The molecule has 0 saturated carbocycles. The van der Waals surface area contributed by atoms with Gasteiger partial charge in [0, 0.05) is 18.7 Å². The molecule has 160 valence electrons. The second-order valence-electron chi connectivity index (χ2n) is 6.63. The third-order valence-electron chi connectivity index (χ3n) is 4.48. The Balaban J connectivity index is 1.50. The molecular formula is C24H23FN2O4. The predicted molar refractivity (Wildman–Crippen MR) is 115 cm³/mol. The van der Waals surface area contributed by atoms with E-state index in [1.807, 2.05) is 30.3 Å². The second-order valence-corrected chi connectivity index (χ2v) is 6.63. The number of ether oxygens (including phenoxy) is 2. The molecule has 0 spiro atoms. The fourth-order valence-electron chi connectivity index (χ4n) is 2.86. The zero-order chi connectivity index (χ0) is 22.1. The summed E-state index contributed by atoms with van der Waals surface area (Å²) in [5.74, 6) is -0.482. The van der Waals surface area contributed by atoms with Crippen molar-refractivity contribution < 1.29 is 23.5 Å². The van der Waals surface area contributed by atoms with Gasteiger partial charge in [0.15, 0.2) is 11.5 Å². The quantitative estimate of drug-likeness (QED) is 0.517. The molecule has 0 aliphatic heterocycles. The van der Waals surface area contributed by atoms with Crippen LogP contribution in [0.2, 0.25) is 0 Å². The molecule has 3 aromatic rings. The minimum Gasteiger partial charge on any atom is -0.493 e. The average Bonchev–Trinajstić information content (AvgIpc) is 2.81. The molecule has 3 aromatic carbocycles. The Labute approximate surface area is 180 Å². The van der Waals surface area contributed by atoms with Crippen LogP contribution in [0.25, 0.3) is 0 Å². The summed E-state index contributed by atoms with van der Waals surface area (Å²) in [6.45, 7) is 0.729. The molecule has 7 heteroatoms. The maximum atomic E-state index is 13.6. The number of hydrogen-bond donors (Lipinski definition) is 2. The van der Waals surface area contributed by atoms with Crippen molar-refractivity contribution in [2.24, 2.45) is 0 Å². The Morgan fingerprint density at radius 3 is 2.23 bits per heavy atom. The largest absolute Gasteiger partial charge is 0.493 e. The van der Waals surface area contributed by atoms with Crippen LogP contribution in [0.15, 0.2) is 72.8 Å². The van der Waals surface area contributed by atoms with Gasteiger partial charge in [-0.05, 0) is 35.9 Å². The Hall–Kier alpha value is -3.87. The standard InChI is InChI=1S/C24H23FN2O4/c1-30-22-15-18(11-12-21(22)31-16-17-7-3-2-4-8-17)23(28)26-13-14-27-24(29)19-9-5-6-10-20(19)25/h2-12,15H,13-14,16H2,1H3,(H,26,28)(H,27,29). The first-order valence-electron chi connectivity index (χ1n) is 9.74. The molecular weight excluding hydrogens is 399 g/mol. The number of carbonyl (C=O) groups excluding carboxylic acids is 2. The lowest BCUT2D eigenvalue weighted by Crippen LogP contribution is -2.35. The van der Waals surface area contributed by atoms with Gasteiger partial charge < -0.3 is 20.1 Å². The lowest BCUT2D eigenvalue weighted by molar-refractivity contribution is 0.0925. The first kappa shape index (κ1) is 21.8. The zero-order valence-electron chi connectivity index (χ0n) is 17.1. The minimum absolute atomic E-state index is 0.0374. The third-order valence-corrected chi connectivity index (χ3v) is 4.48. The van der Waals surface area contributed by atoms with Gasteiger partial charge in [0.2, 0.25) is 0 Å². The van der Waals surface area contributed by atoms with Crippen LogP contribution < -0.4 is 20.1 Å². The topological polar surface area (TPSA) is 76.7 Å². The van der Waals surface area contributed by atoms with Gasteiger partial charge in [-0.3, -0.25) is 9.59 Å². The van der Waals surface area contributed by atoms with Gasteiger partial charge >= 0.3 is 0 Å². The van der Waals surface area contributed by atoms with E-state index in [-0.39, 0.29) is 24.6 Å². The summed E-state index contributed by atoms with van der Waals surface area (Å²) in [7, 11) is 1.50. The molecule has 0 aromatic heterocycles. The van der Waals surface area contributed by atoms with Gasteiger partial charge in [0.25, 0.3) is 11.8 Å². The fourth-order valence-corrected chi connectivity index (χ4v) is 2.86. The van der Waals surface area contributed by atoms with Gasteiger partial charge in [0.05, 0.1) is 12.7 Å². The maximum absolute atomic E-state index is 13.6. The molecule has 2 amide bonds. The van der Waals surface area contributed by atoms with Crippen molar-refractivity contribution in [2.45, 2.75) is 6.61 Å². The van der Waals surface area contributed by atoms with E-state index < -0.39 is 11.7 Å². The number of amides is 2. The molecule has 6 nitrogen and oxygen atoms in total. The lowest BCUT2D eigenvalue weighted by atomic mass is 10.2. The van der Waals surface area contributed by atoms with Crippen LogP contribution in [0.1, 0.15) is 26.3 Å². The van der Waals surface area contributed by atoms with Crippen molar-refractivity contribution >= 4 is 11.8 Å². The number of hydrogen-bond acceptors (Lipinski definition) is 4. The van der Waals surface area contributed by atoms with Gasteiger partial charge in [-0.2, -0.15) is 0 Å². The first-order chi connectivity index (χ1) is 15.1. The molecule has 2 N–H and O–H groups in total. The van der Waals surface area contributed by atoms with E-state index in [4.69, 9.17) is 9.47 Å². The average molecular weight is 422 g/mol. The van der Waals surface area contributed by atoms with Crippen molar-refractivity contribution in [3.8, 4) is 11.5 Å². The fraction of sp³-hybridized carbons (Fsp3) is 0.167. The Kier molecular flexibility index (Phi) is 7.59. The summed E-state index contributed by atoms with van der Waals surface area (Å²) in [6.07, 6.45) is 0. The number of benzene rings is 3. The third kappa shape index (κ3) is 6.05. The zero-order valence-corrected chi connectivity index (χ0v) is 17.1. The van der Waals surface area contributed by atoms with Crippen LogP contribution in [-0.2, 0) is 6.61 Å². The normalized spacial score (nSPS) is 10.3. The maximum Gasteiger partial charge on any atom is 0.254 e. The number of methoxy groups -OCH3 is 1. The summed E-state index contributed by atoms with van der Waals surface area (Å²) in [5.41, 5.74) is 1.37. The Morgan fingerprint density at radius 2 is 1.52 bits per heavy atom. The number of halogens is 1. The van der Waals surface area contributed by atoms with Crippen LogP contribution in [0.4, 0.5) is 4.39 Å². The minimum atomic E-state index is -0.592. The lowest BCUT2D eigenvalue weighted by Gasteiger charge is -2.13. The number of carbonyl (C=O) groups is 2. The Bertz CT molecular complexity index is 1040. The molecule has 0 radical (unpaired) electrons. The molecule has 0 unspecified atom stereocenters. The summed E-state index contributed by atoms with van der Waals surface area (Å²) < 4.78 is 24.7. The second kappa shape index (κ2) is 10.8. The summed E-state index contributed by atoms with van der Waals surface area (Å²) in [6, 6.07) is 20.3. The van der Waals surface area contributed by atoms with E-state index in [9.17, 15) is 14.0 Å². The predicted octanol–water partition coefficient (Wildman–Crippen LogP) is 3.57. The summed E-state index contributed by atoms with van der Waals surface area (Å²) in [4.78, 5) is 24.4. The summed E-state index contributed by atoms with van der Waals surface area (Å²) in [5, 5.41) is 5.28. The van der Waals surface area contributed by atoms with E-state index in [2.05, 4.69) is 10.6 Å². The molecule has 31 heavy (non-hydrogen) atoms. The van der Waals surface area contributed by atoms with Crippen molar-refractivity contribution in [3.05, 3.63) is 95.3 Å². The highest BCUT2D eigenvalue weighted by Gasteiger charge is 2.13. The highest BCUT2D eigenvalue weighted by Crippen LogP contribution is 2.28. The number of nitrogens with one attached hydrogen (secondary N) is 2.